The van der Waals surface area contributed by atoms with Gasteiger partial charge in [0, 0.05) is 36.8 Å². The predicted molar refractivity (Wildman–Crippen MR) is 97.2 cm³/mol. The summed E-state index contributed by atoms with van der Waals surface area (Å²) in [6, 6.07) is 6.42. The lowest BCUT2D eigenvalue weighted by Crippen LogP contribution is -2.38. The first kappa shape index (κ1) is 17.3. The van der Waals surface area contributed by atoms with Crippen LogP contribution in [0.4, 0.5) is 0 Å². The molecule has 0 aliphatic rings. The molecule has 1 heterocycles. The van der Waals surface area contributed by atoms with E-state index < -0.39 is 0 Å². The van der Waals surface area contributed by atoms with Crippen LogP contribution in [-0.2, 0) is 11.2 Å². The molecule has 5 nitrogen and oxygen atoms in total. The average Bonchev–Trinajstić information content (AvgIpc) is 2.96. The third kappa shape index (κ3) is 4.99. The van der Waals surface area contributed by atoms with Crippen molar-refractivity contribution in [1.29, 1.82) is 0 Å². The number of aromatic nitrogens is 1. The maximum Gasteiger partial charge on any atom is 0.191 e. The Morgan fingerprint density at radius 2 is 2.13 bits per heavy atom. The lowest BCUT2D eigenvalue weighted by atomic mass is 10.1. The van der Waals surface area contributed by atoms with E-state index in [1.807, 2.05) is 6.92 Å². The number of guanidine groups is 1. The molecule has 0 saturated heterocycles. The third-order valence-corrected chi connectivity index (χ3v) is 3.75. The number of nitrogens with zero attached hydrogens (tertiary/aromatic N) is 1. The lowest BCUT2D eigenvalue weighted by molar-refractivity contribution is 0.155. The van der Waals surface area contributed by atoms with Gasteiger partial charge in [0.25, 0.3) is 0 Å². The van der Waals surface area contributed by atoms with Gasteiger partial charge in [0.1, 0.15) is 0 Å². The Morgan fingerprint density at radius 1 is 1.26 bits per heavy atom. The number of aliphatic imine (C=N–C) groups is 1. The van der Waals surface area contributed by atoms with E-state index in [9.17, 15) is 0 Å². The van der Waals surface area contributed by atoms with Crippen LogP contribution in [0.3, 0.4) is 0 Å². The van der Waals surface area contributed by atoms with Gasteiger partial charge in [0.05, 0.1) is 13.2 Å². The second kappa shape index (κ2) is 9.20. The molecule has 0 fully saturated rings. The van der Waals surface area contributed by atoms with Crippen molar-refractivity contribution in [1.82, 2.24) is 15.6 Å². The molecule has 0 atom stereocenters. The number of rotatable bonds is 8. The van der Waals surface area contributed by atoms with E-state index in [1.54, 1.807) is 0 Å². The average molecular weight is 316 g/mol. The summed E-state index contributed by atoms with van der Waals surface area (Å²) in [6.45, 7) is 9.98. The van der Waals surface area contributed by atoms with Gasteiger partial charge in [0.15, 0.2) is 5.96 Å². The van der Waals surface area contributed by atoms with E-state index in [1.165, 1.54) is 22.0 Å². The molecule has 1 aromatic carbocycles. The van der Waals surface area contributed by atoms with Crippen molar-refractivity contribution in [3.8, 4) is 0 Å². The van der Waals surface area contributed by atoms with E-state index >= 15 is 0 Å². The van der Waals surface area contributed by atoms with E-state index in [0.717, 1.165) is 32.1 Å². The summed E-state index contributed by atoms with van der Waals surface area (Å²) in [5.74, 6) is 0.850. The Balaban J connectivity index is 1.89. The van der Waals surface area contributed by atoms with Gasteiger partial charge in [-0.25, -0.2) is 0 Å². The summed E-state index contributed by atoms with van der Waals surface area (Å²) in [5, 5.41) is 7.96. The van der Waals surface area contributed by atoms with Gasteiger partial charge in [-0.1, -0.05) is 18.2 Å². The van der Waals surface area contributed by atoms with E-state index in [0.29, 0.717) is 13.2 Å². The minimum absolute atomic E-state index is 0.662. The summed E-state index contributed by atoms with van der Waals surface area (Å²) >= 11 is 0. The maximum atomic E-state index is 5.32. The molecule has 0 aliphatic heterocycles. The zero-order chi connectivity index (χ0) is 16.5. The normalized spacial score (nSPS) is 11.9. The van der Waals surface area contributed by atoms with E-state index in [4.69, 9.17) is 4.74 Å². The van der Waals surface area contributed by atoms with Crippen LogP contribution in [0.15, 0.2) is 29.4 Å². The Bertz CT molecular complexity index is 633. The van der Waals surface area contributed by atoms with Gasteiger partial charge in [-0.2, -0.15) is 0 Å². The third-order valence-electron chi connectivity index (χ3n) is 3.75. The number of hydrogen-bond donors (Lipinski definition) is 3. The smallest absolute Gasteiger partial charge is 0.191 e. The van der Waals surface area contributed by atoms with Gasteiger partial charge >= 0.3 is 0 Å². The topological polar surface area (TPSA) is 61.4 Å². The molecule has 3 N–H and O–H groups in total. The zero-order valence-corrected chi connectivity index (χ0v) is 14.4. The molecule has 2 aromatic rings. The van der Waals surface area contributed by atoms with Crippen molar-refractivity contribution in [2.75, 3.05) is 32.8 Å². The van der Waals surface area contributed by atoms with Crippen LogP contribution in [0.25, 0.3) is 10.9 Å². The fraction of sp³-hybridized carbons (Fsp3) is 0.500. The number of aryl methyl sites for hydroxylation is 1. The van der Waals surface area contributed by atoms with Crippen LogP contribution >= 0.6 is 0 Å². The standard InChI is InChI=1S/C18H28N4O/c1-4-19-18(21-11-12-23-5-2)20-10-9-15-13-22-17-14(3)7-6-8-16(15)17/h6-8,13,22H,4-5,9-12H2,1-3H3,(H2,19,20,21). The van der Waals surface area contributed by atoms with Crippen LogP contribution < -0.4 is 10.6 Å². The number of para-hydroxylation sites is 1. The maximum absolute atomic E-state index is 5.32. The van der Waals surface area contributed by atoms with Crippen LogP contribution in [0, 0.1) is 6.92 Å². The number of ether oxygens (including phenoxy) is 1. The van der Waals surface area contributed by atoms with Crippen molar-refractivity contribution >= 4 is 16.9 Å². The van der Waals surface area contributed by atoms with Gasteiger partial charge < -0.3 is 20.4 Å². The second-order valence-corrected chi connectivity index (χ2v) is 5.45. The molecule has 23 heavy (non-hydrogen) atoms. The number of hydrogen-bond acceptors (Lipinski definition) is 2. The summed E-state index contributed by atoms with van der Waals surface area (Å²) in [7, 11) is 0. The highest BCUT2D eigenvalue weighted by Gasteiger charge is 2.05. The van der Waals surface area contributed by atoms with Crippen molar-refractivity contribution in [2.24, 2.45) is 4.99 Å². The summed E-state index contributed by atoms with van der Waals surface area (Å²) < 4.78 is 5.32. The van der Waals surface area contributed by atoms with Crippen molar-refractivity contribution in [3.05, 3.63) is 35.5 Å². The molecule has 0 radical (unpaired) electrons. The Morgan fingerprint density at radius 3 is 2.91 bits per heavy atom. The first-order valence-corrected chi connectivity index (χ1v) is 8.41. The Kier molecular flexibility index (Phi) is 6.94. The van der Waals surface area contributed by atoms with Crippen LogP contribution in [0.2, 0.25) is 0 Å². The molecule has 0 unspecified atom stereocenters. The van der Waals surface area contributed by atoms with Gasteiger partial charge in [-0.15, -0.1) is 0 Å². The summed E-state index contributed by atoms with van der Waals surface area (Å²) in [4.78, 5) is 7.89. The number of aromatic amines is 1. The molecule has 0 amide bonds. The summed E-state index contributed by atoms with van der Waals surface area (Å²) in [6.07, 6.45) is 3.07. The number of nitrogens with one attached hydrogen (secondary N) is 3. The molecule has 126 valence electrons. The van der Waals surface area contributed by atoms with Crippen molar-refractivity contribution in [2.45, 2.75) is 27.2 Å². The van der Waals surface area contributed by atoms with Gasteiger partial charge in [0.2, 0.25) is 0 Å². The second-order valence-electron chi connectivity index (χ2n) is 5.45. The van der Waals surface area contributed by atoms with Crippen LogP contribution in [0.5, 0.6) is 0 Å². The lowest BCUT2D eigenvalue weighted by Gasteiger charge is -2.11. The Labute approximate surface area is 138 Å². The molecular weight excluding hydrogens is 288 g/mol. The molecule has 0 spiro atoms. The van der Waals surface area contributed by atoms with Crippen molar-refractivity contribution < 1.29 is 4.74 Å². The van der Waals surface area contributed by atoms with Gasteiger partial charge in [-0.05, 0) is 38.3 Å². The van der Waals surface area contributed by atoms with Crippen LogP contribution in [0.1, 0.15) is 25.0 Å². The molecule has 5 heteroatoms. The quantitative estimate of drug-likeness (QED) is 0.398. The van der Waals surface area contributed by atoms with E-state index in [2.05, 4.69) is 58.9 Å². The molecule has 1 aromatic heterocycles. The highest BCUT2D eigenvalue weighted by Crippen LogP contribution is 2.21. The Hall–Kier alpha value is -2.01. The molecule has 0 saturated carbocycles. The largest absolute Gasteiger partial charge is 0.380 e. The van der Waals surface area contributed by atoms with E-state index in [-0.39, 0.29) is 0 Å². The highest BCUT2D eigenvalue weighted by atomic mass is 16.5. The minimum Gasteiger partial charge on any atom is -0.380 e. The van der Waals surface area contributed by atoms with Crippen LogP contribution in [-0.4, -0.2) is 43.8 Å². The molecule has 0 bridgehead atoms. The number of H-pyrrole nitrogens is 1. The number of fused-ring (bicyclic) bond motifs is 1. The fourth-order valence-corrected chi connectivity index (χ4v) is 2.59. The first-order chi connectivity index (χ1) is 11.3. The SMILES string of the molecule is CCNC(=NCCOCC)NCCc1c[nH]c2c(C)cccc12. The first-order valence-electron chi connectivity index (χ1n) is 8.41. The summed E-state index contributed by atoms with van der Waals surface area (Å²) in [5.41, 5.74) is 3.86. The molecular formula is C18H28N4O. The highest BCUT2D eigenvalue weighted by molar-refractivity contribution is 5.86. The number of benzene rings is 1. The zero-order valence-electron chi connectivity index (χ0n) is 14.4. The molecule has 2 rings (SSSR count). The van der Waals surface area contributed by atoms with Crippen molar-refractivity contribution in [3.63, 3.8) is 0 Å². The monoisotopic (exact) mass is 316 g/mol. The van der Waals surface area contributed by atoms with Gasteiger partial charge in [-0.3, -0.25) is 4.99 Å². The molecule has 0 aliphatic carbocycles. The predicted octanol–water partition coefficient (Wildman–Crippen LogP) is 2.61. The fourth-order valence-electron chi connectivity index (χ4n) is 2.59. The minimum atomic E-state index is 0.662.